The fourth-order valence-corrected chi connectivity index (χ4v) is 3.59. The molecule has 43 heavy (non-hydrogen) atoms. The minimum Gasteiger partial charge on any atom is -0.481 e. The molecule has 0 spiro atoms. The highest BCUT2D eigenvalue weighted by Crippen LogP contribution is 2.23. The Morgan fingerprint density at radius 3 is 1.95 bits per heavy atom. The molecule has 0 saturated carbocycles. The lowest BCUT2D eigenvalue weighted by molar-refractivity contribution is -0.137. The van der Waals surface area contributed by atoms with Crippen LogP contribution < -0.4 is 21.3 Å². The van der Waals surface area contributed by atoms with Crippen LogP contribution in [-0.4, -0.2) is 58.8 Å². The highest BCUT2D eigenvalue weighted by atomic mass is 35.5. The quantitative estimate of drug-likeness (QED) is 0.212. The standard InChI is InChI=1S/C29H36ClN5O8/c1-28(2,3)42-26(40)34-25(35-27(41)43-29(4,5)6)32-18-12-13-20(30)19(14-18)24(39)31-16-22(36)33-21(15-23(37)38)17-10-8-7-9-11-17/h7-14,21H,15-16H2,1-6H3,(H,31,39)(H,33,36)(H,37,38)(H2,32,34,35,40,41). The van der Waals surface area contributed by atoms with Crippen LogP contribution in [-0.2, 0) is 19.1 Å². The van der Waals surface area contributed by atoms with Gasteiger partial charge in [0.1, 0.15) is 11.2 Å². The number of halogens is 1. The van der Waals surface area contributed by atoms with Crippen molar-refractivity contribution in [2.24, 2.45) is 4.99 Å². The first-order valence-electron chi connectivity index (χ1n) is 13.1. The molecule has 2 rings (SSSR count). The molecule has 5 N–H and O–H groups in total. The van der Waals surface area contributed by atoms with Gasteiger partial charge in [0, 0.05) is 0 Å². The van der Waals surface area contributed by atoms with Gasteiger partial charge in [0.15, 0.2) is 0 Å². The number of alkyl carbamates (subject to hydrolysis) is 2. The molecule has 0 aliphatic heterocycles. The van der Waals surface area contributed by atoms with Crippen molar-refractivity contribution in [1.29, 1.82) is 0 Å². The number of ether oxygens (including phenoxy) is 2. The van der Waals surface area contributed by atoms with Gasteiger partial charge in [0.05, 0.1) is 35.3 Å². The summed E-state index contributed by atoms with van der Waals surface area (Å²) in [6.07, 6.45) is -2.17. The number of guanidine groups is 1. The number of hydrogen-bond acceptors (Lipinski definition) is 8. The number of nitrogens with zero attached hydrogens (tertiary/aromatic N) is 1. The summed E-state index contributed by atoms with van der Waals surface area (Å²) in [5.41, 5.74) is -1.04. The Hall–Kier alpha value is -4.65. The minimum atomic E-state index is -1.11. The van der Waals surface area contributed by atoms with Crippen LogP contribution in [0.15, 0.2) is 53.5 Å². The molecule has 0 aromatic heterocycles. The molecular formula is C29H36ClN5O8. The molecular weight excluding hydrogens is 582 g/mol. The van der Waals surface area contributed by atoms with Crippen molar-refractivity contribution >= 4 is 53.2 Å². The van der Waals surface area contributed by atoms with Crippen molar-refractivity contribution in [1.82, 2.24) is 21.3 Å². The molecule has 13 nitrogen and oxygen atoms in total. The van der Waals surface area contributed by atoms with Gasteiger partial charge in [-0.2, -0.15) is 0 Å². The number of carboxylic acids is 1. The highest BCUT2D eigenvalue weighted by Gasteiger charge is 2.22. The first-order valence-corrected chi connectivity index (χ1v) is 13.5. The number of rotatable bonds is 8. The molecule has 0 fully saturated rings. The van der Waals surface area contributed by atoms with Crippen LogP contribution in [0.3, 0.4) is 0 Å². The van der Waals surface area contributed by atoms with Gasteiger partial charge in [-0.25, -0.2) is 14.6 Å². The number of hydrogen-bond donors (Lipinski definition) is 5. The van der Waals surface area contributed by atoms with E-state index in [1.165, 1.54) is 18.2 Å². The maximum Gasteiger partial charge on any atom is 0.414 e. The summed E-state index contributed by atoms with van der Waals surface area (Å²) in [5, 5.41) is 19.0. The second kappa shape index (κ2) is 15.0. The lowest BCUT2D eigenvalue weighted by Gasteiger charge is -2.22. The molecule has 2 aromatic rings. The summed E-state index contributed by atoms with van der Waals surface area (Å²) < 4.78 is 10.4. The fourth-order valence-electron chi connectivity index (χ4n) is 3.39. The van der Waals surface area contributed by atoms with Crippen LogP contribution in [0.1, 0.15) is 69.9 Å². The van der Waals surface area contributed by atoms with Crippen molar-refractivity contribution in [3.05, 3.63) is 64.7 Å². The first-order chi connectivity index (χ1) is 19.9. The molecule has 0 aliphatic carbocycles. The number of amides is 4. The van der Waals surface area contributed by atoms with Crippen LogP contribution in [0.25, 0.3) is 0 Å². The van der Waals surface area contributed by atoms with E-state index in [1.54, 1.807) is 71.9 Å². The van der Waals surface area contributed by atoms with E-state index in [-0.39, 0.29) is 28.7 Å². The van der Waals surface area contributed by atoms with E-state index < -0.39 is 53.8 Å². The van der Waals surface area contributed by atoms with E-state index in [0.717, 1.165) is 0 Å². The van der Waals surface area contributed by atoms with Crippen LogP contribution in [0.2, 0.25) is 5.02 Å². The number of carbonyl (C=O) groups excluding carboxylic acids is 4. The van der Waals surface area contributed by atoms with Gasteiger partial charge < -0.3 is 25.2 Å². The van der Waals surface area contributed by atoms with Crippen molar-refractivity contribution in [3.8, 4) is 0 Å². The van der Waals surface area contributed by atoms with Crippen molar-refractivity contribution in [3.63, 3.8) is 0 Å². The Balaban J connectivity index is 2.21. The molecule has 2 aromatic carbocycles. The molecule has 0 bridgehead atoms. The molecule has 232 valence electrons. The second-order valence-electron chi connectivity index (χ2n) is 11.2. The molecule has 0 radical (unpaired) electrons. The van der Waals surface area contributed by atoms with Gasteiger partial charge in [-0.05, 0) is 65.3 Å². The Morgan fingerprint density at radius 1 is 0.884 bits per heavy atom. The third-order valence-corrected chi connectivity index (χ3v) is 5.33. The van der Waals surface area contributed by atoms with E-state index in [4.69, 9.17) is 21.1 Å². The molecule has 14 heteroatoms. The summed E-state index contributed by atoms with van der Waals surface area (Å²) in [5.74, 6) is -2.81. The van der Waals surface area contributed by atoms with Gasteiger partial charge in [0.25, 0.3) is 5.91 Å². The van der Waals surface area contributed by atoms with E-state index in [1.807, 2.05) is 0 Å². The predicted octanol–water partition coefficient (Wildman–Crippen LogP) is 4.44. The van der Waals surface area contributed by atoms with Crippen LogP contribution in [0.5, 0.6) is 0 Å². The molecule has 0 heterocycles. The number of carbonyl (C=O) groups is 5. The van der Waals surface area contributed by atoms with Crippen LogP contribution >= 0.6 is 11.6 Å². The van der Waals surface area contributed by atoms with E-state index >= 15 is 0 Å². The zero-order valence-corrected chi connectivity index (χ0v) is 25.5. The third-order valence-electron chi connectivity index (χ3n) is 5.00. The summed E-state index contributed by atoms with van der Waals surface area (Å²) in [4.78, 5) is 65.7. The summed E-state index contributed by atoms with van der Waals surface area (Å²) in [6.45, 7) is 9.46. The fraction of sp³-hybridized carbons (Fsp3) is 0.379. The predicted molar refractivity (Wildman–Crippen MR) is 159 cm³/mol. The van der Waals surface area contributed by atoms with Crippen molar-refractivity contribution < 1.29 is 38.6 Å². The van der Waals surface area contributed by atoms with Crippen molar-refractivity contribution in [2.45, 2.75) is 65.2 Å². The SMILES string of the molecule is CC(C)(C)OC(=O)NC(=Nc1ccc(Cl)c(C(=O)NCC(=O)NC(CC(=O)O)c2ccccc2)c1)NC(=O)OC(C)(C)C. The van der Waals surface area contributed by atoms with Gasteiger partial charge >= 0.3 is 18.2 Å². The minimum absolute atomic E-state index is 0.0339. The second-order valence-corrected chi connectivity index (χ2v) is 11.6. The maximum absolute atomic E-state index is 12.9. The average molecular weight is 618 g/mol. The molecule has 1 atom stereocenters. The molecule has 1 unspecified atom stereocenters. The van der Waals surface area contributed by atoms with Crippen molar-refractivity contribution in [2.75, 3.05) is 6.54 Å². The number of nitrogens with one attached hydrogen (secondary N) is 4. The lowest BCUT2D eigenvalue weighted by atomic mass is 10.0. The molecule has 4 amide bonds. The zero-order chi connectivity index (χ0) is 32.4. The average Bonchev–Trinajstić information content (AvgIpc) is 2.86. The summed E-state index contributed by atoms with van der Waals surface area (Å²) in [6, 6.07) is 11.8. The third kappa shape index (κ3) is 13.3. The zero-order valence-electron chi connectivity index (χ0n) is 24.7. The molecule has 0 saturated heterocycles. The maximum atomic E-state index is 12.9. The van der Waals surface area contributed by atoms with E-state index in [0.29, 0.717) is 5.56 Å². The number of aliphatic carboxylic acids is 1. The number of benzene rings is 2. The lowest BCUT2D eigenvalue weighted by Crippen LogP contribution is -2.47. The molecule has 0 aliphatic rings. The monoisotopic (exact) mass is 617 g/mol. The summed E-state index contributed by atoms with van der Waals surface area (Å²) in [7, 11) is 0. The number of carboxylic acid groups (broad SMARTS) is 1. The Labute approximate surface area is 254 Å². The first kappa shape index (κ1) is 34.6. The van der Waals surface area contributed by atoms with Gasteiger partial charge in [0.2, 0.25) is 11.9 Å². The van der Waals surface area contributed by atoms with Crippen LogP contribution in [0.4, 0.5) is 15.3 Å². The van der Waals surface area contributed by atoms with E-state index in [2.05, 4.69) is 26.3 Å². The summed E-state index contributed by atoms with van der Waals surface area (Å²) >= 11 is 6.22. The Morgan fingerprint density at radius 2 is 1.44 bits per heavy atom. The topological polar surface area (TPSA) is 185 Å². The smallest absolute Gasteiger partial charge is 0.414 e. The normalized spacial score (nSPS) is 11.8. The largest absolute Gasteiger partial charge is 0.481 e. The van der Waals surface area contributed by atoms with Crippen LogP contribution in [0, 0.1) is 0 Å². The number of aliphatic imine (C=N–C) groups is 1. The van der Waals surface area contributed by atoms with Gasteiger partial charge in [-0.15, -0.1) is 0 Å². The van der Waals surface area contributed by atoms with Gasteiger partial charge in [-0.1, -0.05) is 41.9 Å². The Bertz CT molecular complexity index is 1340. The van der Waals surface area contributed by atoms with Gasteiger partial charge in [-0.3, -0.25) is 25.0 Å². The Kier molecular flexibility index (Phi) is 12.1. The van der Waals surface area contributed by atoms with E-state index in [9.17, 15) is 29.1 Å². The highest BCUT2D eigenvalue weighted by molar-refractivity contribution is 6.34.